The third kappa shape index (κ3) is 1.93. The SMILES string of the molecule is COc1c(F)c(F)c(CBr)c(C(C)=O)c1F. The minimum absolute atomic E-state index is 0.161. The van der Waals surface area contributed by atoms with Crippen molar-refractivity contribution in [1.82, 2.24) is 0 Å². The predicted molar refractivity (Wildman–Crippen MR) is 55.5 cm³/mol. The summed E-state index contributed by atoms with van der Waals surface area (Å²) in [6.07, 6.45) is 0. The van der Waals surface area contributed by atoms with E-state index < -0.39 is 34.5 Å². The van der Waals surface area contributed by atoms with E-state index in [2.05, 4.69) is 20.7 Å². The standard InChI is InChI=1S/C10H8BrF3O2/c1-4(15)6-5(3-11)7(12)9(14)10(16-2)8(6)13/h3H2,1-2H3. The predicted octanol–water partition coefficient (Wildman–Crippen LogP) is 3.21. The van der Waals surface area contributed by atoms with E-state index in [1.54, 1.807) is 0 Å². The first-order valence-corrected chi connectivity index (χ1v) is 5.38. The molecule has 0 amide bonds. The van der Waals surface area contributed by atoms with Crippen LogP contribution in [0.4, 0.5) is 13.2 Å². The Morgan fingerprint density at radius 1 is 1.25 bits per heavy atom. The molecule has 2 nitrogen and oxygen atoms in total. The number of carbonyl (C=O) groups is 1. The molecule has 0 radical (unpaired) electrons. The Kier molecular flexibility index (Phi) is 3.96. The van der Waals surface area contributed by atoms with Crippen LogP contribution in [-0.2, 0) is 5.33 Å². The molecule has 0 aromatic heterocycles. The molecular weight excluding hydrogens is 289 g/mol. The molecule has 0 unspecified atom stereocenters. The van der Waals surface area contributed by atoms with Gasteiger partial charge in [-0.15, -0.1) is 0 Å². The number of carbonyl (C=O) groups excluding carboxylic acids is 1. The zero-order valence-corrected chi connectivity index (χ0v) is 10.1. The lowest BCUT2D eigenvalue weighted by Gasteiger charge is -2.12. The van der Waals surface area contributed by atoms with Crippen molar-refractivity contribution in [2.75, 3.05) is 7.11 Å². The van der Waals surface area contributed by atoms with Gasteiger partial charge in [-0.1, -0.05) is 15.9 Å². The number of alkyl halides is 1. The lowest BCUT2D eigenvalue weighted by atomic mass is 10.0. The zero-order valence-electron chi connectivity index (χ0n) is 8.54. The Labute approximate surface area is 98.5 Å². The minimum atomic E-state index is -1.43. The van der Waals surface area contributed by atoms with Crippen molar-refractivity contribution in [1.29, 1.82) is 0 Å². The van der Waals surface area contributed by atoms with E-state index >= 15 is 0 Å². The number of rotatable bonds is 3. The third-order valence-corrected chi connectivity index (χ3v) is 2.63. The highest BCUT2D eigenvalue weighted by atomic mass is 79.9. The molecule has 0 fully saturated rings. The molecule has 0 aliphatic carbocycles. The van der Waals surface area contributed by atoms with E-state index in [-0.39, 0.29) is 10.9 Å². The second-order valence-corrected chi connectivity index (χ2v) is 3.58. The van der Waals surface area contributed by atoms with Crippen LogP contribution < -0.4 is 4.74 Å². The van der Waals surface area contributed by atoms with Gasteiger partial charge >= 0.3 is 0 Å². The monoisotopic (exact) mass is 296 g/mol. The zero-order chi connectivity index (χ0) is 12.5. The third-order valence-electron chi connectivity index (χ3n) is 2.07. The first kappa shape index (κ1) is 13.0. The molecule has 0 saturated heterocycles. The number of Topliss-reactive ketones (excluding diaryl/α,β-unsaturated/α-hetero) is 1. The molecule has 0 spiro atoms. The van der Waals surface area contributed by atoms with Crippen molar-refractivity contribution in [2.24, 2.45) is 0 Å². The van der Waals surface area contributed by atoms with Crippen molar-refractivity contribution >= 4 is 21.7 Å². The average molecular weight is 297 g/mol. The van der Waals surface area contributed by atoms with Crippen LogP contribution in [0, 0.1) is 17.5 Å². The summed E-state index contributed by atoms with van der Waals surface area (Å²) in [4.78, 5) is 11.2. The largest absolute Gasteiger partial charge is 0.491 e. The van der Waals surface area contributed by atoms with E-state index in [4.69, 9.17) is 0 Å². The Morgan fingerprint density at radius 2 is 1.81 bits per heavy atom. The highest BCUT2D eigenvalue weighted by Crippen LogP contribution is 2.32. The minimum Gasteiger partial charge on any atom is -0.491 e. The second-order valence-electron chi connectivity index (χ2n) is 3.02. The smallest absolute Gasteiger partial charge is 0.204 e. The lowest BCUT2D eigenvalue weighted by molar-refractivity contribution is 0.101. The fourth-order valence-electron chi connectivity index (χ4n) is 1.36. The summed E-state index contributed by atoms with van der Waals surface area (Å²) in [6.45, 7) is 1.07. The maximum absolute atomic E-state index is 13.6. The normalized spacial score (nSPS) is 10.4. The van der Waals surface area contributed by atoms with Gasteiger partial charge in [0, 0.05) is 10.9 Å². The molecular formula is C10H8BrF3O2. The molecule has 16 heavy (non-hydrogen) atoms. The Balaban J connectivity index is 3.71. The van der Waals surface area contributed by atoms with Crippen molar-refractivity contribution < 1.29 is 22.7 Å². The quantitative estimate of drug-likeness (QED) is 0.486. The first-order valence-electron chi connectivity index (χ1n) is 4.25. The van der Waals surface area contributed by atoms with Gasteiger partial charge in [0.1, 0.15) is 0 Å². The molecule has 0 bridgehead atoms. The van der Waals surface area contributed by atoms with Gasteiger partial charge in [0.2, 0.25) is 5.82 Å². The summed E-state index contributed by atoms with van der Waals surface area (Å²) >= 11 is 2.88. The van der Waals surface area contributed by atoms with Crippen molar-refractivity contribution in [3.63, 3.8) is 0 Å². The molecule has 0 aliphatic heterocycles. The maximum Gasteiger partial charge on any atom is 0.204 e. The van der Waals surface area contributed by atoms with Crippen LogP contribution in [0.5, 0.6) is 5.75 Å². The van der Waals surface area contributed by atoms with Crippen LogP contribution in [0.2, 0.25) is 0 Å². The van der Waals surface area contributed by atoms with Gasteiger partial charge < -0.3 is 4.74 Å². The molecule has 0 heterocycles. The number of ketones is 1. The Hall–Kier alpha value is -1.04. The van der Waals surface area contributed by atoms with Gasteiger partial charge in [0.15, 0.2) is 23.2 Å². The van der Waals surface area contributed by atoms with Crippen LogP contribution in [0.3, 0.4) is 0 Å². The van der Waals surface area contributed by atoms with Gasteiger partial charge in [0.25, 0.3) is 0 Å². The summed E-state index contributed by atoms with van der Waals surface area (Å²) in [5, 5.41) is -0.161. The molecule has 0 saturated carbocycles. The Morgan fingerprint density at radius 3 is 2.19 bits per heavy atom. The van der Waals surface area contributed by atoms with Crippen molar-refractivity contribution in [3.8, 4) is 5.75 Å². The summed E-state index contributed by atoms with van der Waals surface area (Å²) < 4.78 is 44.8. The number of benzene rings is 1. The molecule has 1 rings (SSSR count). The van der Waals surface area contributed by atoms with Crippen LogP contribution in [0.1, 0.15) is 22.8 Å². The van der Waals surface area contributed by atoms with Crippen LogP contribution in [-0.4, -0.2) is 12.9 Å². The molecule has 88 valence electrons. The van der Waals surface area contributed by atoms with E-state index in [0.29, 0.717) is 0 Å². The molecule has 0 aliphatic rings. The van der Waals surface area contributed by atoms with Gasteiger partial charge in [0.05, 0.1) is 12.7 Å². The van der Waals surface area contributed by atoms with E-state index in [1.165, 1.54) is 0 Å². The number of halogens is 4. The highest BCUT2D eigenvalue weighted by molar-refractivity contribution is 9.08. The lowest BCUT2D eigenvalue weighted by Crippen LogP contribution is -2.10. The second kappa shape index (κ2) is 4.86. The summed E-state index contributed by atoms with van der Waals surface area (Å²) in [7, 11) is 0.999. The van der Waals surface area contributed by atoms with Gasteiger partial charge in [-0.2, -0.15) is 4.39 Å². The summed E-state index contributed by atoms with van der Waals surface area (Å²) in [5.41, 5.74) is -0.837. The molecule has 6 heteroatoms. The topological polar surface area (TPSA) is 26.3 Å². The summed E-state index contributed by atoms with van der Waals surface area (Å²) in [5.74, 6) is -5.46. The fourth-order valence-corrected chi connectivity index (χ4v) is 1.88. The summed E-state index contributed by atoms with van der Waals surface area (Å²) in [6, 6.07) is 0. The fraction of sp³-hybridized carbons (Fsp3) is 0.300. The van der Waals surface area contributed by atoms with E-state index in [1.807, 2.05) is 0 Å². The van der Waals surface area contributed by atoms with E-state index in [9.17, 15) is 18.0 Å². The van der Waals surface area contributed by atoms with E-state index in [0.717, 1.165) is 14.0 Å². The van der Waals surface area contributed by atoms with Gasteiger partial charge in [-0.25, -0.2) is 8.78 Å². The van der Waals surface area contributed by atoms with Gasteiger partial charge in [-0.05, 0) is 6.92 Å². The number of hydrogen-bond acceptors (Lipinski definition) is 2. The number of hydrogen-bond donors (Lipinski definition) is 0. The van der Waals surface area contributed by atoms with Crippen molar-refractivity contribution in [3.05, 3.63) is 28.6 Å². The molecule has 1 aromatic rings. The number of ether oxygens (including phenoxy) is 1. The van der Waals surface area contributed by atoms with Crippen LogP contribution in [0.25, 0.3) is 0 Å². The molecule has 1 aromatic carbocycles. The molecule has 0 N–H and O–H groups in total. The van der Waals surface area contributed by atoms with Crippen molar-refractivity contribution in [2.45, 2.75) is 12.3 Å². The van der Waals surface area contributed by atoms with Gasteiger partial charge in [-0.3, -0.25) is 4.79 Å². The first-order chi connectivity index (χ1) is 7.45. The molecule has 0 atom stereocenters. The average Bonchev–Trinajstić information content (AvgIpc) is 2.23. The number of methoxy groups -OCH3 is 1. The maximum atomic E-state index is 13.6. The van der Waals surface area contributed by atoms with Crippen LogP contribution >= 0.6 is 15.9 Å². The Bertz CT molecular complexity index is 446. The highest BCUT2D eigenvalue weighted by Gasteiger charge is 2.27. The van der Waals surface area contributed by atoms with Crippen LogP contribution in [0.15, 0.2) is 0 Å².